The van der Waals surface area contributed by atoms with Crippen LogP contribution in [0.1, 0.15) is 19.4 Å². The van der Waals surface area contributed by atoms with Crippen molar-refractivity contribution >= 4 is 44.0 Å². The highest BCUT2D eigenvalue weighted by Crippen LogP contribution is 2.25. The van der Waals surface area contributed by atoms with Gasteiger partial charge in [0.2, 0.25) is 11.0 Å². The summed E-state index contributed by atoms with van der Waals surface area (Å²) in [5.74, 6) is -0.0827. The third kappa shape index (κ3) is 3.73. The van der Waals surface area contributed by atoms with Gasteiger partial charge in [-0.1, -0.05) is 35.6 Å². The van der Waals surface area contributed by atoms with E-state index in [-0.39, 0.29) is 5.91 Å². The summed E-state index contributed by atoms with van der Waals surface area (Å²) in [6.45, 7) is 3.41. The molecular formula is C17H16N4OS. The quantitative estimate of drug-likeness (QED) is 0.561. The van der Waals surface area contributed by atoms with Crippen molar-refractivity contribution in [3.63, 3.8) is 0 Å². The van der Waals surface area contributed by atoms with Crippen LogP contribution in [0.5, 0.6) is 0 Å². The zero-order valence-corrected chi connectivity index (χ0v) is 13.6. The molecule has 0 aliphatic carbocycles. The first-order chi connectivity index (χ1) is 11.1. The van der Waals surface area contributed by atoms with Gasteiger partial charge in [-0.25, -0.2) is 4.98 Å². The molecule has 0 unspecified atom stereocenters. The lowest BCUT2D eigenvalue weighted by atomic mass is 10.1. The van der Waals surface area contributed by atoms with Gasteiger partial charge in [0.05, 0.1) is 15.9 Å². The van der Waals surface area contributed by atoms with Gasteiger partial charge in [-0.05, 0) is 36.8 Å². The molecule has 0 fully saturated rings. The summed E-state index contributed by atoms with van der Waals surface area (Å²) in [4.78, 5) is 15.5. The predicted octanol–water partition coefficient (Wildman–Crippen LogP) is 4.09. The second kappa shape index (κ2) is 6.58. The molecule has 0 atom stereocenters. The molecule has 2 N–H and O–H groups in total. The average Bonchev–Trinajstić information content (AvgIpc) is 2.95. The van der Waals surface area contributed by atoms with E-state index in [1.165, 1.54) is 6.92 Å². The average molecular weight is 324 g/mol. The molecule has 2 aromatic carbocycles. The molecule has 3 rings (SSSR count). The van der Waals surface area contributed by atoms with E-state index in [4.69, 9.17) is 0 Å². The third-order valence-corrected chi connectivity index (χ3v) is 4.18. The van der Waals surface area contributed by atoms with Crippen LogP contribution in [0, 0.1) is 0 Å². The Morgan fingerprint density at radius 3 is 2.52 bits per heavy atom. The molecule has 116 valence electrons. The van der Waals surface area contributed by atoms with Gasteiger partial charge in [0, 0.05) is 12.6 Å². The number of benzene rings is 2. The first-order valence-electron chi connectivity index (χ1n) is 7.16. The molecule has 0 saturated carbocycles. The van der Waals surface area contributed by atoms with Gasteiger partial charge in [-0.2, -0.15) is 5.10 Å². The second-order valence-corrected chi connectivity index (χ2v) is 6.08. The number of hydrogen-bond donors (Lipinski definition) is 2. The standard InChI is InChI=1S/C17H16N4OS/c1-11(13-7-9-14(10-8-13)18-12(2)22)20-21-17-19-15-5-3-4-6-16(15)23-17/h3-10H,1-2H3,(H,18,22)(H,19,21)/b20-11+. The van der Waals surface area contributed by atoms with Crippen molar-refractivity contribution in [2.45, 2.75) is 13.8 Å². The number of rotatable bonds is 4. The summed E-state index contributed by atoms with van der Waals surface area (Å²) in [7, 11) is 0. The van der Waals surface area contributed by atoms with Crippen molar-refractivity contribution in [1.82, 2.24) is 4.98 Å². The molecule has 0 radical (unpaired) electrons. The van der Waals surface area contributed by atoms with Crippen LogP contribution in [-0.4, -0.2) is 16.6 Å². The van der Waals surface area contributed by atoms with E-state index in [1.807, 2.05) is 55.5 Å². The van der Waals surface area contributed by atoms with Crippen molar-refractivity contribution in [2.24, 2.45) is 5.10 Å². The van der Waals surface area contributed by atoms with Gasteiger partial charge in [-0.15, -0.1) is 0 Å². The zero-order valence-electron chi connectivity index (χ0n) is 12.8. The third-order valence-electron chi connectivity index (χ3n) is 3.24. The fourth-order valence-electron chi connectivity index (χ4n) is 2.11. The Balaban J connectivity index is 1.72. The van der Waals surface area contributed by atoms with Gasteiger partial charge in [0.15, 0.2) is 0 Å². The predicted molar refractivity (Wildman–Crippen MR) is 96.2 cm³/mol. The Morgan fingerprint density at radius 1 is 1.09 bits per heavy atom. The van der Waals surface area contributed by atoms with E-state index in [0.29, 0.717) is 0 Å². The van der Waals surface area contributed by atoms with Gasteiger partial charge < -0.3 is 5.32 Å². The van der Waals surface area contributed by atoms with E-state index in [2.05, 4.69) is 20.8 Å². The fourth-order valence-corrected chi connectivity index (χ4v) is 2.92. The Kier molecular flexibility index (Phi) is 4.34. The first-order valence-corrected chi connectivity index (χ1v) is 7.97. The number of carbonyl (C=O) groups is 1. The van der Waals surface area contributed by atoms with Crippen molar-refractivity contribution in [3.8, 4) is 0 Å². The molecule has 0 aliphatic heterocycles. The highest BCUT2D eigenvalue weighted by atomic mass is 32.1. The molecule has 23 heavy (non-hydrogen) atoms. The van der Waals surface area contributed by atoms with Crippen molar-refractivity contribution in [1.29, 1.82) is 0 Å². The minimum absolute atomic E-state index is 0.0827. The number of thiazole rings is 1. The molecule has 0 saturated heterocycles. The van der Waals surface area contributed by atoms with E-state index in [1.54, 1.807) is 11.3 Å². The number of nitrogens with one attached hydrogen (secondary N) is 2. The molecule has 6 heteroatoms. The van der Waals surface area contributed by atoms with E-state index >= 15 is 0 Å². The van der Waals surface area contributed by atoms with Gasteiger partial charge in [0.1, 0.15) is 0 Å². The summed E-state index contributed by atoms with van der Waals surface area (Å²) >= 11 is 1.57. The molecular weight excluding hydrogens is 308 g/mol. The van der Waals surface area contributed by atoms with Crippen molar-refractivity contribution < 1.29 is 4.79 Å². The summed E-state index contributed by atoms with van der Waals surface area (Å²) in [5, 5.41) is 7.88. The van der Waals surface area contributed by atoms with Crippen LogP contribution >= 0.6 is 11.3 Å². The normalized spacial score (nSPS) is 11.5. The first kappa shape index (κ1) is 15.2. The summed E-state index contributed by atoms with van der Waals surface area (Å²) in [6.07, 6.45) is 0. The number of nitrogens with zero attached hydrogens (tertiary/aromatic N) is 2. The smallest absolute Gasteiger partial charge is 0.221 e. The lowest BCUT2D eigenvalue weighted by Crippen LogP contribution is -2.06. The van der Waals surface area contributed by atoms with Crippen LogP contribution in [0.3, 0.4) is 0 Å². The lowest BCUT2D eigenvalue weighted by molar-refractivity contribution is -0.114. The summed E-state index contributed by atoms with van der Waals surface area (Å²) in [6, 6.07) is 15.5. The molecule has 1 aromatic heterocycles. The maximum absolute atomic E-state index is 11.0. The molecule has 0 spiro atoms. The molecule has 0 bridgehead atoms. The highest BCUT2D eigenvalue weighted by molar-refractivity contribution is 7.22. The summed E-state index contributed by atoms with van der Waals surface area (Å²) < 4.78 is 1.13. The van der Waals surface area contributed by atoms with Crippen LogP contribution in [0.2, 0.25) is 0 Å². The van der Waals surface area contributed by atoms with Gasteiger partial charge in [0.25, 0.3) is 0 Å². The number of carbonyl (C=O) groups excluding carboxylic acids is 1. The molecule has 3 aromatic rings. The van der Waals surface area contributed by atoms with Crippen LogP contribution < -0.4 is 10.7 Å². The molecule has 5 nitrogen and oxygen atoms in total. The van der Waals surface area contributed by atoms with E-state index < -0.39 is 0 Å². The Bertz CT molecular complexity index is 835. The number of hydrogen-bond acceptors (Lipinski definition) is 5. The van der Waals surface area contributed by atoms with Crippen molar-refractivity contribution in [2.75, 3.05) is 10.7 Å². The Morgan fingerprint density at radius 2 is 1.83 bits per heavy atom. The maximum Gasteiger partial charge on any atom is 0.221 e. The zero-order chi connectivity index (χ0) is 16.2. The molecule has 0 aliphatic rings. The van der Waals surface area contributed by atoms with E-state index in [9.17, 15) is 4.79 Å². The van der Waals surface area contributed by atoms with Crippen LogP contribution in [0.25, 0.3) is 10.2 Å². The lowest BCUT2D eigenvalue weighted by Gasteiger charge is -2.04. The minimum Gasteiger partial charge on any atom is -0.326 e. The minimum atomic E-state index is -0.0827. The van der Waals surface area contributed by atoms with Crippen LogP contribution in [-0.2, 0) is 4.79 Å². The van der Waals surface area contributed by atoms with Gasteiger partial charge in [-0.3, -0.25) is 10.2 Å². The number of aromatic nitrogens is 1. The number of amides is 1. The molecule has 1 heterocycles. The number of anilines is 2. The SMILES string of the molecule is CC(=O)Nc1ccc(/C(C)=N/Nc2nc3ccccc3s2)cc1. The summed E-state index contributed by atoms with van der Waals surface area (Å²) in [5.41, 5.74) is 6.57. The monoisotopic (exact) mass is 324 g/mol. The highest BCUT2D eigenvalue weighted by Gasteiger charge is 2.03. The topological polar surface area (TPSA) is 66.4 Å². The Labute approximate surface area is 138 Å². The second-order valence-electron chi connectivity index (χ2n) is 5.05. The van der Waals surface area contributed by atoms with E-state index in [0.717, 1.165) is 32.3 Å². The van der Waals surface area contributed by atoms with Crippen molar-refractivity contribution in [3.05, 3.63) is 54.1 Å². The van der Waals surface area contributed by atoms with Crippen LogP contribution in [0.4, 0.5) is 10.8 Å². The van der Waals surface area contributed by atoms with Gasteiger partial charge >= 0.3 is 0 Å². The maximum atomic E-state index is 11.0. The van der Waals surface area contributed by atoms with Crippen LogP contribution in [0.15, 0.2) is 53.6 Å². The number of para-hydroxylation sites is 1. The Hall–Kier alpha value is -2.73. The number of hydrazone groups is 1. The largest absolute Gasteiger partial charge is 0.326 e. The fraction of sp³-hybridized carbons (Fsp3) is 0.118. The molecule has 1 amide bonds. The number of fused-ring (bicyclic) bond motifs is 1.